The average molecular weight is 190 g/mol. The maximum absolute atomic E-state index is 10.9. The first kappa shape index (κ1) is 8.75. The Morgan fingerprint density at radius 2 is 2.25 bits per heavy atom. The first-order chi connectivity index (χ1) is 5.49. The molecule has 1 heterocycles. The molecule has 12 heavy (non-hydrogen) atoms. The minimum atomic E-state index is -4.01. The van der Waals surface area contributed by atoms with Gasteiger partial charge in [0.15, 0.2) is 5.76 Å². The summed E-state index contributed by atoms with van der Waals surface area (Å²) in [7, 11) is -4.01. The summed E-state index contributed by atoms with van der Waals surface area (Å²) in [5, 5.41) is 4.54. The van der Waals surface area contributed by atoms with Crippen molar-refractivity contribution in [3.63, 3.8) is 0 Å². The fourth-order valence-electron chi connectivity index (χ4n) is 0.587. The quantitative estimate of drug-likeness (QED) is 0.638. The van der Waals surface area contributed by atoms with Crippen LogP contribution in [0.5, 0.6) is 0 Å². The predicted octanol–water partition coefficient (Wildman–Crippen LogP) is -0.787. The van der Waals surface area contributed by atoms with Gasteiger partial charge in [-0.3, -0.25) is 4.79 Å². The molecule has 0 saturated heterocycles. The molecule has 7 heteroatoms. The number of nitrogens with one attached hydrogen (secondary N) is 1. The third kappa shape index (κ3) is 2.36. The zero-order valence-corrected chi connectivity index (χ0v) is 6.67. The SMILES string of the molecule is NS(=O)(=O)NC(=O)c1ccco1. The molecule has 0 saturated carbocycles. The molecule has 0 unspecified atom stereocenters. The number of nitrogens with two attached hydrogens (primary N) is 1. The van der Waals surface area contributed by atoms with Crippen LogP contribution in [0.4, 0.5) is 0 Å². The van der Waals surface area contributed by atoms with E-state index in [-0.39, 0.29) is 5.76 Å². The zero-order valence-electron chi connectivity index (χ0n) is 5.85. The van der Waals surface area contributed by atoms with Gasteiger partial charge in [0.1, 0.15) is 0 Å². The largest absolute Gasteiger partial charge is 0.459 e. The van der Waals surface area contributed by atoms with E-state index in [1.165, 1.54) is 23.1 Å². The Labute approximate surface area is 68.5 Å². The average Bonchev–Trinajstić information content (AvgIpc) is 2.32. The van der Waals surface area contributed by atoms with Crippen molar-refractivity contribution in [1.82, 2.24) is 4.72 Å². The van der Waals surface area contributed by atoms with Crippen LogP contribution in [0.3, 0.4) is 0 Å². The van der Waals surface area contributed by atoms with Gasteiger partial charge in [0, 0.05) is 0 Å². The third-order valence-electron chi connectivity index (χ3n) is 0.980. The van der Waals surface area contributed by atoms with Crippen molar-refractivity contribution in [3.05, 3.63) is 24.2 Å². The van der Waals surface area contributed by atoms with Crippen molar-refractivity contribution < 1.29 is 17.6 Å². The van der Waals surface area contributed by atoms with Crippen molar-refractivity contribution in [2.45, 2.75) is 0 Å². The Kier molecular flexibility index (Phi) is 2.15. The molecule has 0 aliphatic rings. The monoisotopic (exact) mass is 190 g/mol. The van der Waals surface area contributed by atoms with Crippen LogP contribution in [0.2, 0.25) is 0 Å². The molecular formula is C5H6N2O4S. The summed E-state index contributed by atoms with van der Waals surface area (Å²) in [5.74, 6) is -0.994. The van der Waals surface area contributed by atoms with E-state index in [2.05, 4.69) is 9.56 Å². The van der Waals surface area contributed by atoms with Gasteiger partial charge in [0.05, 0.1) is 6.26 Å². The van der Waals surface area contributed by atoms with Gasteiger partial charge in [-0.2, -0.15) is 8.42 Å². The molecule has 0 spiro atoms. The van der Waals surface area contributed by atoms with E-state index in [0.717, 1.165) is 0 Å². The van der Waals surface area contributed by atoms with Crippen LogP contribution >= 0.6 is 0 Å². The number of amides is 1. The lowest BCUT2D eigenvalue weighted by Gasteiger charge is -1.97. The van der Waals surface area contributed by atoms with Crippen LogP contribution < -0.4 is 9.86 Å². The molecule has 0 atom stereocenters. The topological polar surface area (TPSA) is 102 Å². The van der Waals surface area contributed by atoms with Crippen molar-refractivity contribution in [2.75, 3.05) is 0 Å². The lowest BCUT2D eigenvalue weighted by Crippen LogP contribution is -2.35. The zero-order chi connectivity index (χ0) is 9.19. The number of carbonyl (C=O) groups excluding carboxylic acids is 1. The Morgan fingerprint density at radius 3 is 2.67 bits per heavy atom. The summed E-state index contributed by atoms with van der Waals surface area (Å²) >= 11 is 0. The van der Waals surface area contributed by atoms with Gasteiger partial charge in [0.2, 0.25) is 0 Å². The summed E-state index contributed by atoms with van der Waals surface area (Å²) in [4.78, 5) is 10.9. The van der Waals surface area contributed by atoms with Crippen molar-refractivity contribution in [3.8, 4) is 0 Å². The Morgan fingerprint density at radius 1 is 1.58 bits per heavy atom. The molecule has 66 valence electrons. The predicted molar refractivity (Wildman–Crippen MR) is 39.3 cm³/mol. The van der Waals surface area contributed by atoms with E-state index in [0.29, 0.717) is 0 Å². The first-order valence-corrected chi connectivity index (χ1v) is 4.42. The highest BCUT2D eigenvalue weighted by molar-refractivity contribution is 7.87. The smallest absolute Gasteiger partial charge is 0.301 e. The fourth-order valence-corrected chi connectivity index (χ4v) is 0.946. The van der Waals surface area contributed by atoms with Crippen molar-refractivity contribution >= 4 is 16.1 Å². The van der Waals surface area contributed by atoms with Crippen LogP contribution in [0.15, 0.2) is 22.8 Å². The summed E-state index contributed by atoms with van der Waals surface area (Å²) in [6.07, 6.45) is 1.25. The van der Waals surface area contributed by atoms with E-state index in [1.54, 1.807) is 0 Å². The van der Waals surface area contributed by atoms with Gasteiger partial charge < -0.3 is 4.42 Å². The second-order valence-corrected chi connectivity index (χ2v) is 3.25. The summed E-state index contributed by atoms with van der Waals surface area (Å²) < 4.78 is 26.8. The maximum atomic E-state index is 10.9. The van der Waals surface area contributed by atoms with Crippen LogP contribution in [0.25, 0.3) is 0 Å². The van der Waals surface area contributed by atoms with Gasteiger partial charge in [-0.05, 0) is 12.1 Å². The molecule has 1 aromatic rings. The van der Waals surface area contributed by atoms with Crippen molar-refractivity contribution in [2.24, 2.45) is 5.14 Å². The van der Waals surface area contributed by atoms with Crippen LogP contribution in [-0.4, -0.2) is 14.3 Å². The summed E-state index contributed by atoms with van der Waals surface area (Å²) in [5.41, 5.74) is 0. The summed E-state index contributed by atoms with van der Waals surface area (Å²) in [6, 6.07) is 2.78. The van der Waals surface area contributed by atoms with E-state index in [1.807, 2.05) is 0 Å². The van der Waals surface area contributed by atoms with Crippen LogP contribution in [0, 0.1) is 0 Å². The summed E-state index contributed by atoms with van der Waals surface area (Å²) in [6.45, 7) is 0. The number of furan rings is 1. The fraction of sp³-hybridized carbons (Fsp3) is 0. The molecule has 0 fully saturated rings. The van der Waals surface area contributed by atoms with E-state index in [4.69, 9.17) is 0 Å². The van der Waals surface area contributed by atoms with E-state index < -0.39 is 16.1 Å². The van der Waals surface area contributed by atoms with Crippen molar-refractivity contribution in [1.29, 1.82) is 0 Å². The molecule has 0 aromatic carbocycles. The minimum absolute atomic E-state index is 0.107. The lowest BCUT2D eigenvalue weighted by molar-refractivity contribution is 0.0954. The molecule has 1 amide bonds. The molecule has 0 aliphatic carbocycles. The molecule has 1 rings (SSSR count). The molecule has 1 aromatic heterocycles. The normalized spacial score (nSPS) is 11.1. The van der Waals surface area contributed by atoms with Gasteiger partial charge in [-0.1, -0.05) is 0 Å². The van der Waals surface area contributed by atoms with Gasteiger partial charge in [0.25, 0.3) is 10.2 Å². The minimum Gasteiger partial charge on any atom is -0.459 e. The first-order valence-electron chi connectivity index (χ1n) is 2.87. The molecular weight excluding hydrogens is 184 g/mol. The Balaban J connectivity index is 2.76. The molecule has 0 aliphatic heterocycles. The standard InChI is InChI=1S/C5H6N2O4S/c6-12(9,10)7-5(8)4-2-1-3-11-4/h1-3H,(H,7,8)(H2,6,9,10). The number of hydrogen-bond donors (Lipinski definition) is 2. The second-order valence-electron chi connectivity index (χ2n) is 1.95. The van der Waals surface area contributed by atoms with Crippen LogP contribution in [-0.2, 0) is 10.2 Å². The highest BCUT2D eigenvalue weighted by Crippen LogP contribution is 1.98. The van der Waals surface area contributed by atoms with E-state index >= 15 is 0 Å². The molecule has 0 radical (unpaired) electrons. The molecule has 3 N–H and O–H groups in total. The molecule has 0 bridgehead atoms. The van der Waals surface area contributed by atoms with E-state index in [9.17, 15) is 13.2 Å². The lowest BCUT2D eigenvalue weighted by atomic mass is 10.4. The van der Waals surface area contributed by atoms with Crippen LogP contribution in [0.1, 0.15) is 10.6 Å². The highest BCUT2D eigenvalue weighted by atomic mass is 32.2. The maximum Gasteiger partial charge on any atom is 0.301 e. The Bertz CT molecular complexity index is 366. The number of carbonyl (C=O) groups is 1. The second kappa shape index (κ2) is 2.95. The third-order valence-corrected chi connectivity index (χ3v) is 1.45. The van der Waals surface area contributed by atoms with Gasteiger partial charge >= 0.3 is 5.91 Å². The number of rotatable bonds is 2. The highest BCUT2D eigenvalue weighted by Gasteiger charge is 2.12. The van der Waals surface area contributed by atoms with Gasteiger partial charge in [-0.15, -0.1) is 0 Å². The van der Waals surface area contributed by atoms with Gasteiger partial charge in [-0.25, -0.2) is 9.86 Å². The molecule has 6 nitrogen and oxygen atoms in total. The number of hydrogen-bond acceptors (Lipinski definition) is 4. The Hall–Kier alpha value is -1.34.